The minimum Gasteiger partial charge on any atom is -0.379 e. The second-order valence-electron chi connectivity index (χ2n) is 4.85. The molecule has 0 aromatic heterocycles. The molecule has 1 rings (SSSR count). The highest BCUT2D eigenvalue weighted by molar-refractivity contribution is 7.98. The lowest BCUT2D eigenvalue weighted by Crippen LogP contribution is -2.15. The van der Waals surface area contributed by atoms with E-state index >= 15 is 0 Å². The lowest BCUT2D eigenvalue weighted by atomic mass is 10.1. The maximum atomic E-state index is 11.1. The largest absolute Gasteiger partial charge is 0.379 e. The molecule has 0 fully saturated rings. The molecule has 0 saturated carbocycles. The van der Waals surface area contributed by atoms with E-state index in [1.54, 1.807) is 23.9 Å². The fraction of sp³-hybridized carbons (Fsp3) is 0.571. The number of nitro benzene ring substituents is 1. The summed E-state index contributed by atoms with van der Waals surface area (Å²) in [4.78, 5) is 12.9. The Morgan fingerprint density at radius 1 is 1.40 bits per heavy atom. The molecule has 0 aliphatic rings. The summed E-state index contributed by atoms with van der Waals surface area (Å²) in [5, 5.41) is 14.3. The molecule has 0 heterocycles. The average molecular weight is 297 g/mol. The summed E-state index contributed by atoms with van der Waals surface area (Å²) in [7, 11) is 4.09. The Morgan fingerprint density at radius 3 is 2.75 bits per heavy atom. The van der Waals surface area contributed by atoms with Gasteiger partial charge in [-0.15, -0.1) is 0 Å². The van der Waals surface area contributed by atoms with Gasteiger partial charge in [-0.3, -0.25) is 10.1 Å². The second-order valence-corrected chi connectivity index (χ2v) is 5.96. The highest BCUT2D eigenvalue weighted by atomic mass is 32.2. The van der Waals surface area contributed by atoms with Gasteiger partial charge in [0.05, 0.1) is 4.92 Å². The van der Waals surface area contributed by atoms with Crippen molar-refractivity contribution >= 4 is 23.1 Å². The van der Waals surface area contributed by atoms with Crippen molar-refractivity contribution in [3.8, 4) is 0 Å². The van der Waals surface area contributed by atoms with Crippen LogP contribution in [0.25, 0.3) is 0 Å². The van der Waals surface area contributed by atoms with Gasteiger partial charge >= 0.3 is 0 Å². The second kappa shape index (κ2) is 8.81. The molecular formula is C14H23N3O2S. The molecule has 6 heteroatoms. The Morgan fingerprint density at radius 2 is 2.15 bits per heavy atom. The summed E-state index contributed by atoms with van der Waals surface area (Å²) in [6.07, 6.45) is 0.944. The molecule has 0 amide bonds. The quantitative estimate of drug-likeness (QED) is 0.431. The van der Waals surface area contributed by atoms with Gasteiger partial charge in [-0.2, -0.15) is 11.8 Å². The number of hydrogen-bond donors (Lipinski definition) is 1. The molecule has 112 valence electrons. The normalized spacial score (nSPS) is 10.8. The van der Waals surface area contributed by atoms with Crippen LogP contribution in [0.2, 0.25) is 0 Å². The van der Waals surface area contributed by atoms with Crippen LogP contribution in [-0.4, -0.2) is 42.8 Å². The van der Waals surface area contributed by atoms with Crippen LogP contribution in [0.3, 0.4) is 0 Å². The van der Waals surface area contributed by atoms with Crippen molar-refractivity contribution in [2.24, 2.45) is 0 Å². The molecule has 0 aliphatic heterocycles. The summed E-state index contributed by atoms with van der Waals surface area (Å²) in [5.74, 6) is 1.81. The van der Waals surface area contributed by atoms with E-state index in [-0.39, 0.29) is 10.6 Å². The maximum Gasteiger partial charge on any atom is 0.292 e. The first-order valence-electron chi connectivity index (χ1n) is 6.78. The molecule has 1 N–H and O–H groups in total. The summed E-state index contributed by atoms with van der Waals surface area (Å²) < 4.78 is 0. The van der Waals surface area contributed by atoms with Crippen LogP contribution in [0, 0.1) is 10.1 Å². The smallest absolute Gasteiger partial charge is 0.292 e. The molecule has 0 spiro atoms. The summed E-state index contributed by atoms with van der Waals surface area (Å²) in [6.45, 7) is 3.81. The Labute approximate surface area is 124 Å². The van der Waals surface area contributed by atoms with Gasteiger partial charge < -0.3 is 10.2 Å². The van der Waals surface area contributed by atoms with E-state index in [9.17, 15) is 10.1 Å². The molecule has 0 bridgehead atoms. The van der Waals surface area contributed by atoms with E-state index in [0.717, 1.165) is 36.6 Å². The number of nitrogens with one attached hydrogen (secondary N) is 1. The molecule has 0 unspecified atom stereocenters. The zero-order valence-corrected chi connectivity index (χ0v) is 13.2. The van der Waals surface area contributed by atoms with Crippen LogP contribution in [0.15, 0.2) is 18.2 Å². The Kier molecular flexibility index (Phi) is 7.40. The van der Waals surface area contributed by atoms with Gasteiger partial charge in [0.25, 0.3) is 5.69 Å². The summed E-state index contributed by atoms with van der Waals surface area (Å²) in [5.41, 5.74) is 1.86. The molecule has 1 aromatic rings. The van der Waals surface area contributed by atoms with Gasteiger partial charge in [-0.1, -0.05) is 19.1 Å². The molecule has 1 aromatic carbocycles. The van der Waals surface area contributed by atoms with Gasteiger partial charge in [-0.05, 0) is 26.1 Å². The van der Waals surface area contributed by atoms with Crippen LogP contribution in [0.4, 0.5) is 11.4 Å². The Bertz CT molecular complexity index is 438. The van der Waals surface area contributed by atoms with Gasteiger partial charge in [0.1, 0.15) is 5.69 Å². The minimum absolute atomic E-state index is 0.171. The van der Waals surface area contributed by atoms with Crippen LogP contribution in [0.1, 0.15) is 18.9 Å². The lowest BCUT2D eigenvalue weighted by molar-refractivity contribution is -0.384. The number of para-hydroxylation sites is 1. The minimum atomic E-state index is -0.314. The molecule has 0 radical (unpaired) electrons. The van der Waals surface area contributed by atoms with E-state index in [2.05, 4.69) is 10.2 Å². The fourth-order valence-corrected chi connectivity index (χ4v) is 2.84. The number of hydrogen-bond acceptors (Lipinski definition) is 5. The number of anilines is 1. The first-order chi connectivity index (χ1) is 9.56. The zero-order chi connectivity index (χ0) is 15.0. The average Bonchev–Trinajstić information content (AvgIpc) is 2.41. The van der Waals surface area contributed by atoms with Crippen LogP contribution >= 0.6 is 11.8 Å². The predicted molar refractivity (Wildman–Crippen MR) is 86.6 cm³/mol. The zero-order valence-electron chi connectivity index (χ0n) is 12.4. The van der Waals surface area contributed by atoms with E-state index in [1.165, 1.54) is 0 Å². The standard InChI is InChI=1S/C14H23N3O2S/c1-4-8-15-14-12(11-20-10-9-16(2)3)6-5-7-13(14)17(18)19/h5-7,15H,4,8-11H2,1-3H3. The van der Waals surface area contributed by atoms with E-state index < -0.39 is 0 Å². The summed E-state index contributed by atoms with van der Waals surface area (Å²) >= 11 is 1.80. The Balaban J connectivity index is 2.77. The van der Waals surface area contributed by atoms with Crippen molar-refractivity contribution < 1.29 is 4.92 Å². The van der Waals surface area contributed by atoms with Crippen molar-refractivity contribution in [3.05, 3.63) is 33.9 Å². The molecule has 0 saturated heterocycles. The first-order valence-corrected chi connectivity index (χ1v) is 7.94. The van der Waals surface area contributed by atoms with Gasteiger partial charge in [-0.25, -0.2) is 0 Å². The fourth-order valence-electron chi connectivity index (χ4n) is 1.74. The third kappa shape index (κ3) is 5.38. The van der Waals surface area contributed by atoms with Crippen molar-refractivity contribution in [1.29, 1.82) is 0 Å². The van der Waals surface area contributed by atoms with Gasteiger partial charge in [0, 0.05) is 30.7 Å². The topological polar surface area (TPSA) is 58.4 Å². The van der Waals surface area contributed by atoms with E-state index in [1.807, 2.05) is 27.1 Å². The SMILES string of the molecule is CCCNc1c(CSCCN(C)C)cccc1[N+](=O)[O-]. The molecule has 5 nitrogen and oxygen atoms in total. The lowest BCUT2D eigenvalue weighted by Gasteiger charge is -2.13. The number of rotatable bonds is 9. The highest BCUT2D eigenvalue weighted by Gasteiger charge is 2.16. The Hall–Kier alpha value is -1.27. The number of nitrogens with zero attached hydrogens (tertiary/aromatic N) is 2. The van der Waals surface area contributed by atoms with Crippen LogP contribution in [-0.2, 0) is 5.75 Å². The van der Waals surface area contributed by atoms with Gasteiger partial charge in [0.15, 0.2) is 0 Å². The van der Waals surface area contributed by atoms with Crippen molar-refractivity contribution in [2.45, 2.75) is 19.1 Å². The third-order valence-electron chi connectivity index (χ3n) is 2.82. The van der Waals surface area contributed by atoms with Crippen LogP contribution < -0.4 is 5.32 Å². The number of nitro groups is 1. The van der Waals surface area contributed by atoms with E-state index in [4.69, 9.17) is 0 Å². The highest BCUT2D eigenvalue weighted by Crippen LogP contribution is 2.30. The predicted octanol–water partition coefficient (Wildman–Crippen LogP) is 3.21. The van der Waals surface area contributed by atoms with E-state index in [0.29, 0.717) is 5.69 Å². The summed E-state index contributed by atoms with van der Waals surface area (Å²) in [6, 6.07) is 5.29. The number of thioether (sulfide) groups is 1. The molecule has 0 atom stereocenters. The third-order valence-corrected chi connectivity index (χ3v) is 3.80. The van der Waals surface area contributed by atoms with Crippen molar-refractivity contribution in [2.75, 3.05) is 38.3 Å². The monoisotopic (exact) mass is 297 g/mol. The molecular weight excluding hydrogens is 274 g/mol. The van der Waals surface area contributed by atoms with Gasteiger partial charge in [0.2, 0.25) is 0 Å². The van der Waals surface area contributed by atoms with Crippen LogP contribution in [0.5, 0.6) is 0 Å². The number of benzene rings is 1. The molecule has 0 aliphatic carbocycles. The first kappa shape index (κ1) is 16.8. The van der Waals surface area contributed by atoms with Crippen molar-refractivity contribution in [1.82, 2.24) is 4.90 Å². The van der Waals surface area contributed by atoms with Crippen molar-refractivity contribution in [3.63, 3.8) is 0 Å². The maximum absolute atomic E-state index is 11.1. The molecule has 20 heavy (non-hydrogen) atoms.